The molecule has 4 rings (SSSR count). The highest BCUT2D eigenvalue weighted by Crippen LogP contribution is 2.37. The first-order valence-corrected chi connectivity index (χ1v) is 11.4. The summed E-state index contributed by atoms with van der Waals surface area (Å²) in [6.07, 6.45) is 2.75. The molecular weight excluding hydrogens is 412 g/mol. The second-order valence-electron chi connectivity index (χ2n) is 7.62. The molecule has 0 spiro atoms. The molecule has 3 aromatic rings. The van der Waals surface area contributed by atoms with Gasteiger partial charge in [0.2, 0.25) is 0 Å². The zero-order valence-corrected chi connectivity index (χ0v) is 18.3. The van der Waals surface area contributed by atoms with Gasteiger partial charge in [-0.25, -0.2) is 0 Å². The van der Waals surface area contributed by atoms with Gasteiger partial charge in [-0.15, -0.1) is 0 Å². The van der Waals surface area contributed by atoms with Gasteiger partial charge in [0.1, 0.15) is 5.75 Å². The third-order valence-corrected chi connectivity index (χ3v) is 6.25. The Morgan fingerprint density at radius 1 is 1.06 bits per heavy atom. The number of hydrogen-bond acceptors (Lipinski definition) is 5. The Kier molecular flexibility index (Phi) is 6.77. The van der Waals surface area contributed by atoms with Gasteiger partial charge >= 0.3 is 5.97 Å². The molecule has 1 heterocycles. The molecule has 0 radical (unpaired) electrons. The van der Waals surface area contributed by atoms with Gasteiger partial charge in [-0.1, -0.05) is 12.1 Å². The maximum atomic E-state index is 11.0. The summed E-state index contributed by atoms with van der Waals surface area (Å²) in [6.45, 7) is 1.08. The first-order chi connectivity index (χ1) is 15.1. The molecule has 0 amide bonds. The first-order valence-electron chi connectivity index (χ1n) is 10.4. The molecule has 1 aromatic heterocycles. The van der Waals surface area contributed by atoms with Crippen molar-refractivity contribution in [2.45, 2.75) is 31.6 Å². The normalized spacial score (nSPS) is 14.8. The van der Waals surface area contributed by atoms with E-state index in [1.165, 1.54) is 11.1 Å². The fourth-order valence-corrected chi connectivity index (χ4v) is 4.69. The van der Waals surface area contributed by atoms with Crippen molar-refractivity contribution in [2.75, 3.05) is 20.3 Å². The van der Waals surface area contributed by atoms with Crippen LogP contribution >= 0.6 is 11.3 Å². The van der Waals surface area contributed by atoms with Gasteiger partial charge in [0.25, 0.3) is 0 Å². The summed E-state index contributed by atoms with van der Waals surface area (Å²) in [5.41, 5.74) is 4.63. The number of methoxy groups -OCH3 is 1. The van der Waals surface area contributed by atoms with Gasteiger partial charge in [-0.3, -0.25) is 4.79 Å². The molecule has 2 aromatic carbocycles. The van der Waals surface area contributed by atoms with Gasteiger partial charge < -0.3 is 19.3 Å². The van der Waals surface area contributed by atoms with Gasteiger partial charge in [-0.2, -0.15) is 11.3 Å². The van der Waals surface area contributed by atoms with Crippen LogP contribution in [0.4, 0.5) is 0 Å². The molecule has 6 heteroatoms. The fourth-order valence-electron chi connectivity index (χ4n) is 4.02. The number of carbonyl (C=O) groups is 1. The summed E-state index contributed by atoms with van der Waals surface area (Å²) in [4.78, 5) is 11.0. The predicted molar refractivity (Wildman–Crippen MR) is 122 cm³/mol. The predicted octanol–water partition coefficient (Wildman–Crippen LogP) is 5.78. The van der Waals surface area contributed by atoms with Gasteiger partial charge in [0, 0.05) is 6.42 Å². The quantitative estimate of drug-likeness (QED) is 0.407. The zero-order valence-electron chi connectivity index (χ0n) is 17.5. The van der Waals surface area contributed by atoms with Crippen molar-refractivity contribution < 1.29 is 24.1 Å². The fraction of sp³-hybridized carbons (Fsp3) is 0.320. The summed E-state index contributed by atoms with van der Waals surface area (Å²) >= 11 is 1.67. The molecule has 1 atom stereocenters. The van der Waals surface area contributed by atoms with Crippen LogP contribution in [0.3, 0.4) is 0 Å². The summed E-state index contributed by atoms with van der Waals surface area (Å²) < 4.78 is 17.3. The Morgan fingerprint density at radius 2 is 1.94 bits per heavy atom. The molecule has 0 unspecified atom stereocenters. The van der Waals surface area contributed by atoms with Gasteiger partial charge in [0.05, 0.1) is 26.7 Å². The molecule has 31 heavy (non-hydrogen) atoms. The van der Waals surface area contributed by atoms with Crippen LogP contribution < -0.4 is 14.2 Å². The van der Waals surface area contributed by atoms with Crippen LogP contribution in [-0.2, 0) is 11.2 Å². The molecular formula is C25H26O5S. The third kappa shape index (κ3) is 5.20. The van der Waals surface area contributed by atoms with Crippen LogP contribution in [0.1, 0.15) is 36.3 Å². The standard InChI is InChI=1S/C25H26O5S/c1-28-24-14-17(20-9-12-31-16-20)5-8-23(24)30-11-2-10-29-21-6-7-22-18(13-21)3-4-19(22)15-25(26)27/h5-9,12-14,16,19H,2-4,10-11,15H2,1H3,(H,26,27)/t19-/m0/s1. The van der Waals surface area contributed by atoms with E-state index in [0.29, 0.717) is 13.2 Å². The first kappa shape index (κ1) is 21.2. The molecule has 162 valence electrons. The molecule has 0 saturated carbocycles. The number of aryl methyl sites for hydroxylation is 1. The Bertz CT molecular complexity index is 1030. The van der Waals surface area contributed by atoms with Gasteiger partial charge in [0.15, 0.2) is 11.5 Å². The molecule has 0 saturated heterocycles. The van der Waals surface area contributed by atoms with Crippen molar-refractivity contribution in [3.8, 4) is 28.4 Å². The minimum absolute atomic E-state index is 0.121. The summed E-state index contributed by atoms with van der Waals surface area (Å²) in [7, 11) is 1.65. The number of benzene rings is 2. The SMILES string of the molecule is COc1cc(-c2ccsc2)ccc1OCCCOc1ccc2c(c1)CC[C@H]2CC(=O)O. The Hall–Kier alpha value is -2.99. The maximum absolute atomic E-state index is 11.0. The number of hydrogen-bond donors (Lipinski definition) is 1. The average Bonchev–Trinajstić information content (AvgIpc) is 3.44. The van der Waals surface area contributed by atoms with E-state index >= 15 is 0 Å². The van der Waals surface area contributed by atoms with Crippen molar-refractivity contribution >= 4 is 17.3 Å². The number of ether oxygens (including phenoxy) is 3. The van der Waals surface area contributed by atoms with E-state index in [9.17, 15) is 4.79 Å². The van der Waals surface area contributed by atoms with Gasteiger partial charge in [-0.05, 0) is 82.1 Å². The van der Waals surface area contributed by atoms with Crippen molar-refractivity contribution in [2.24, 2.45) is 0 Å². The molecule has 1 aliphatic carbocycles. The highest BCUT2D eigenvalue weighted by Gasteiger charge is 2.24. The lowest BCUT2D eigenvalue weighted by Crippen LogP contribution is -2.06. The van der Waals surface area contributed by atoms with Crippen LogP contribution in [0.2, 0.25) is 0 Å². The molecule has 1 aliphatic rings. The van der Waals surface area contributed by atoms with Crippen molar-refractivity contribution in [3.63, 3.8) is 0 Å². The maximum Gasteiger partial charge on any atom is 0.303 e. The summed E-state index contributed by atoms with van der Waals surface area (Å²) in [5, 5.41) is 13.2. The van der Waals surface area contributed by atoms with Crippen LogP contribution in [-0.4, -0.2) is 31.4 Å². The topological polar surface area (TPSA) is 65.0 Å². The lowest BCUT2D eigenvalue weighted by Gasteiger charge is -2.13. The number of fused-ring (bicyclic) bond motifs is 1. The molecule has 1 N–H and O–H groups in total. The van der Waals surface area contributed by atoms with E-state index in [2.05, 4.69) is 16.8 Å². The molecule has 0 fully saturated rings. The smallest absolute Gasteiger partial charge is 0.303 e. The molecule has 0 aliphatic heterocycles. The number of carboxylic acids is 1. The number of thiophene rings is 1. The minimum atomic E-state index is -0.740. The molecule has 5 nitrogen and oxygen atoms in total. The van der Waals surface area contributed by atoms with E-state index in [-0.39, 0.29) is 12.3 Å². The zero-order chi connectivity index (χ0) is 21.6. The lowest BCUT2D eigenvalue weighted by molar-refractivity contribution is -0.137. The number of carboxylic acid groups (broad SMARTS) is 1. The summed E-state index contributed by atoms with van der Waals surface area (Å²) in [6, 6.07) is 14.1. The van der Waals surface area contributed by atoms with Crippen LogP contribution in [0.25, 0.3) is 11.1 Å². The van der Waals surface area contributed by atoms with E-state index in [4.69, 9.17) is 19.3 Å². The number of aliphatic carboxylic acids is 1. The second-order valence-corrected chi connectivity index (χ2v) is 8.40. The average molecular weight is 439 g/mol. The Morgan fingerprint density at radius 3 is 2.71 bits per heavy atom. The van der Waals surface area contributed by atoms with Crippen LogP contribution in [0.5, 0.6) is 17.2 Å². The van der Waals surface area contributed by atoms with E-state index in [0.717, 1.165) is 47.6 Å². The van der Waals surface area contributed by atoms with Crippen molar-refractivity contribution in [1.82, 2.24) is 0 Å². The van der Waals surface area contributed by atoms with E-state index in [1.807, 2.05) is 36.4 Å². The van der Waals surface area contributed by atoms with E-state index < -0.39 is 5.97 Å². The van der Waals surface area contributed by atoms with E-state index in [1.54, 1.807) is 18.4 Å². The highest BCUT2D eigenvalue weighted by atomic mass is 32.1. The summed E-state index contributed by atoms with van der Waals surface area (Å²) in [5.74, 6) is 1.65. The highest BCUT2D eigenvalue weighted by molar-refractivity contribution is 7.08. The third-order valence-electron chi connectivity index (χ3n) is 5.57. The van der Waals surface area contributed by atoms with Crippen LogP contribution in [0, 0.1) is 0 Å². The molecule has 0 bridgehead atoms. The Balaban J connectivity index is 1.26. The minimum Gasteiger partial charge on any atom is -0.493 e. The van der Waals surface area contributed by atoms with Crippen molar-refractivity contribution in [1.29, 1.82) is 0 Å². The monoisotopic (exact) mass is 438 g/mol. The van der Waals surface area contributed by atoms with Crippen molar-refractivity contribution in [3.05, 3.63) is 64.4 Å². The largest absolute Gasteiger partial charge is 0.493 e. The lowest BCUT2D eigenvalue weighted by atomic mass is 9.98. The van der Waals surface area contributed by atoms with Crippen LogP contribution in [0.15, 0.2) is 53.2 Å². The second kappa shape index (κ2) is 9.88. The number of rotatable bonds is 10. The Labute approximate surface area is 186 Å².